The topological polar surface area (TPSA) is 41.6 Å². The van der Waals surface area contributed by atoms with E-state index in [1.54, 1.807) is 18.0 Å². The van der Waals surface area contributed by atoms with Crippen LogP contribution in [0.3, 0.4) is 0 Å². The fourth-order valence-electron chi connectivity index (χ4n) is 1.65. The highest BCUT2D eigenvalue weighted by Crippen LogP contribution is 2.23. The number of ether oxygens (including phenoxy) is 1. The summed E-state index contributed by atoms with van der Waals surface area (Å²) in [7, 11) is 1.76. The van der Waals surface area contributed by atoms with Crippen LogP contribution in [-0.2, 0) is 11.3 Å². The summed E-state index contributed by atoms with van der Waals surface area (Å²) >= 11 is 6.01. The number of hydrogen-bond donors (Lipinski definition) is 1. The summed E-state index contributed by atoms with van der Waals surface area (Å²) < 4.78 is 5.62. The minimum Gasteiger partial charge on any atom is -0.483 e. The van der Waals surface area contributed by atoms with Gasteiger partial charge in [0, 0.05) is 30.7 Å². The van der Waals surface area contributed by atoms with Gasteiger partial charge in [-0.05, 0) is 38.1 Å². The fraction of sp³-hybridized carbons (Fsp3) is 0.533. The number of hydrogen-bond acceptors (Lipinski definition) is 3. The lowest BCUT2D eigenvalue weighted by atomic mass is 10.2. The van der Waals surface area contributed by atoms with Gasteiger partial charge in [-0.3, -0.25) is 4.79 Å². The highest BCUT2D eigenvalue weighted by atomic mass is 35.5. The number of benzene rings is 1. The Kier molecular flexibility index (Phi) is 7.41. The van der Waals surface area contributed by atoms with Crippen LogP contribution in [-0.4, -0.2) is 37.6 Å². The molecule has 0 radical (unpaired) electrons. The van der Waals surface area contributed by atoms with Crippen molar-refractivity contribution in [2.45, 2.75) is 26.8 Å². The molecule has 0 aliphatic carbocycles. The van der Waals surface area contributed by atoms with Gasteiger partial charge in [-0.1, -0.05) is 18.5 Å². The van der Waals surface area contributed by atoms with E-state index < -0.39 is 0 Å². The highest BCUT2D eigenvalue weighted by molar-refractivity contribution is 6.30. The molecule has 0 aromatic heterocycles. The van der Waals surface area contributed by atoms with E-state index in [9.17, 15) is 4.79 Å². The normalized spacial score (nSPS) is 10.4. The maximum Gasteiger partial charge on any atom is 0.260 e. The molecule has 4 nitrogen and oxygen atoms in total. The fourth-order valence-corrected chi connectivity index (χ4v) is 1.85. The van der Waals surface area contributed by atoms with Gasteiger partial charge in [0.15, 0.2) is 6.61 Å². The highest BCUT2D eigenvalue weighted by Gasteiger charge is 2.10. The van der Waals surface area contributed by atoms with Crippen LogP contribution in [0.5, 0.6) is 5.75 Å². The smallest absolute Gasteiger partial charge is 0.260 e. The van der Waals surface area contributed by atoms with E-state index >= 15 is 0 Å². The van der Waals surface area contributed by atoms with Crippen LogP contribution < -0.4 is 10.1 Å². The van der Waals surface area contributed by atoms with Crippen LogP contribution in [0.2, 0.25) is 5.02 Å². The molecular formula is C15H23ClN2O2. The lowest BCUT2D eigenvalue weighted by Gasteiger charge is -2.16. The molecular weight excluding hydrogens is 276 g/mol. The second-order valence-corrected chi connectivity index (χ2v) is 5.06. The summed E-state index contributed by atoms with van der Waals surface area (Å²) in [6.07, 6.45) is 1.07. The van der Waals surface area contributed by atoms with E-state index in [0.29, 0.717) is 23.9 Å². The third kappa shape index (κ3) is 5.39. The molecule has 1 aromatic carbocycles. The van der Waals surface area contributed by atoms with Crippen molar-refractivity contribution in [2.75, 3.05) is 26.7 Å². The number of carbonyl (C=O) groups excluding carboxylic acids is 1. The summed E-state index contributed by atoms with van der Waals surface area (Å²) in [5.41, 5.74) is 0.970. The molecule has 0 fully saturated rings. The number of nitrogens with zero attached hydrogens (tertiary/aromatic N) is 1. The zero-order chi connectivity index (χ0) is 15.0. The Balaban J connectivity index is 2.66. The molecule has 1 rings (SSSR count). The van der Waals surface area contributed by atoms with Gasteiger partial charge < -0.3 is 15.0 Å². The van der Waals surface area contributed by atoms with E-state index in [1.807, 2.05) is 19.1 Å². The second-order valence-electron chi connectivity index (χ2n) is 4.63. The molecule has 0 saturated heterocycles. The van der Waals surface area contributed by atoms with E-state index in [0.717, 1.165) is 18.5 Å². The van der Waals surface area contributed by atoms with Crippen molar-refractivity contribution in [3.8, 4) is 5.75 Å². The van der Waals surface area contributed by atoms with Gasteiger partial charge >= 0.3 is 0 Å². The van der Waals surface area contributed by atoms with Gasteiger partial charge in [0.2, 0.25) is 0 Å². The first-order valence-electron chi connectivity index (χ1n) is 6.94. The van der Waals surface area contributed by atoms with Crippen LogP contribution in [0.15, 0.2) is 18.2 Å². The minimum absolute atomic E-state index is 0.0325. The summed E-state index contributed by atoms with van der Waals surface area (Å²) in [5, 5.41) is 3.98. The first-order chi connectivity index (χ1) is 9.58. The van der Waals surface area contributed by atoms with E-state index in [4.69, 9.17) is 16.3 Å². The molecule has 0 aliphatic heterocycles. The molecule has 5 heteroatoms. The molecule has 1 N–H and O–H groups in total. The van der Waals surface area contributed by atoms with Crippen molar-refractivity contribution in [1.29, 1.82) is 0 Å². The first-order valence-corrected chi connectivity index (χ1v) is 7.32. The SMILES string of the molecule is CCCNCc1cc(Cl)ccc1OCC(=O)N(C)CC. The third-order valence-electron chi connectivity index (χ3n) is 3.02. The molecule has 1 amide bonds. The number of likely N-dealkylation sites (N-methyl/N-ethyl adjacent to an activating group) is 1. The molecule has 112 valence electrons. The molecule has 0 bridgehead atoms. The standard InChI is InChI=1S/C15H23ClN2O2/c1-4-8-17-10-12-9-13(16)6-7-14(12)20-11-15(19)18(3)5-2/h6-7,9,17H,4-5,8,10-11H2,1-3H3. The predicted octanol–water partition coefficient (Wildman–Crippen LogP) is 2.70. The largest absolute Gasteiger partial charge is 0.483 e. The predicted molar refractivity (Wildman–Crippen MR) is 82.3 cm³/mol. The number of rotatable bonds is 8. The Morgan fingerprint density at radius 3 is 2.80 bits per heavy atom. The molecule has 0 heterocycles. The molecule has 1 aromatic rings. The Bertz CT molecular complexity index is 438. The number of halogens is 1. The average Bonchev–Trinajstić information content (AvgIpc) is 2.45. The van der Waals surface area contributed by atoms with Gasteiger partial charge in [0.05, 0.1) is 0 Å². The van der Waals surface area contributed by atoms with Gasteiger partial charge in [0.1, 0.15) is 5.75 Å². The molecule has 0 spiro atoms. The monoisotopic (exact) mass is 298 g/mol. The minimum atomic E-state index is -0.0325. The Morgan fingerprint density at radius 2 is 2.15 bits per heavy atom. The van der Waals surface area contributed by atoms with Crippen LogP contribution in [0.4, 0.5) is 0 Å². The molecule has 0 saturated carbocycles. The van der Waals surface area contributed by atoms with Gasteiger partial charge in [-0.25, -0.2) is 0 Å². The van der Waals surface area contributed by atoms with Crippen LogP contribution >= 0.6 is 11.6 Å². The summed E-state index contributed by atoms with van der Waals surface area (Å²) in [4.78, 5) is 13.4. The Morgan fingerprint density at radius 1 is 1.40 bits per heavy atom. The molecule has 0 aliphatic rings. The van der Waals surface area contributed by atoms with Gasteiger partial charge in [-0.15, -0.1) is 0 Å². The lowest BCUT2D eigenvalue weighted by Crippen LogP contribution is -2.31. The maximum atomic E-state index is 11.7. The zero-order valence-corrected chi connectivity index (χ0v) is 13.2. The number of amides is 1. The van der Waals surface area contributed by atoms with Crippen molar-refractivity contribution < 1.29 is 9.53 Å². The molecule has 20 heavy (non-hydrogen) atoms. The maximum absolute atomic E-state index is 11.7. The van der Waals surface area contributed by atoms with E-state index in [-0.39, 0.29) is 12.5 Å². The molecule has 0 atom stereocenters. The molecule has 0 unspecified atom stereocenters. The van der Waals surface area contributed by atoms with E-state index in [2.05, 4.69) is 12.2 Å². The van der Waals surface area contributed by atoms with Crippen molar-refractivity contribution in [3.63, 3.8) is 0 Å². The van der Waals surface area contributed by atoms with Gasteiger partial charge in [-0.2, -0.15) is 0 Å². The average molecular weight is 299 g/mol. The Hall–Kier alpha value is -1.26. The number of carbonyl (C=O) groups is 1. The Labute approximate surface area is 126 Å². The van der Waals surface area contributed by atoms with Crippen LogP contribution in [0.1, 0.15) is 25.8 Å². The second kappa shape index (κ2) is 8.82. The summed E-state index contributed by atoms with van der Waals surface area (Å²) in [5.74, 6) is 0.672. The van der Waals surface area contributed by atoms with Crippen LogP contribution in [0.25, 0.3) is 0 Å². The quantitative estimate of drug-likeness (QED) is 0.750. The summed E-state index contributed by atoms with van der Waals surface area (Å²) in [6, 6.07) is 5.45. The number of nitrogens with one attached hydrogen (secondary N) is 1. The summed E-state index contributed by atoms with van der Waals surface area (Å²) in [6.45, 7) is 6.38. The van der Waals surface area contributed by atoms with Gasteiger partial charge in [0.25, 0.3) is 5.91 Å². The first kappa shape index (κ1) is 16.8. The lowest BCUT2D eigenvalue weighted by molar-refractivity contribution is -0.131. The van der Waals surface area contributed by atoms with Crippen molar-refractivity contribution >= 4 is 17.5 Å². The van der Waals surface area contributed by atoms with Crippen molar-refractivity contribution in [2.24, 2.45) is 0 Å². The zero-order valence-electron chi connectivity index (χ0n) is 12.4. The van der Waals surface area contributed by atoms with Crippen molar-refractivity contribution in [3.05, 3.63) is 28.8 Å². The van der Waals surface area contributed by atoms with Crippen molar-refractivity contribution in [1.82, 2.24) is 10.2 Å². The van der Waals surface area contributed by atoms with Crippen LogP contribution in [0, 0.1) is 0 Å². The van der Waals surface area contributed by atoms with E-state index in [1.165, 1.54) is 0 Å². The third-order valence-corrected chi connectivity index (χ3v) is 3.25.